The van der Waals surface area contributed by atoms with Crippen molar-refractivity contribution in [1.82, 2.24) is 9.97 Å². The molecule has 0 unspecified atom stereocenters. The molecule has 1 heterocycles. The molecule has 0 aliphatic heterocycles. The van der Waals surface area contributed by atoms with Crippen LogP contribution in [0.4, 0.5) is 0 Å². The van der Waals surface area contributed by atoms with Crippen molar-refractivity contribution in [1.29, 1.82) is 0 Å². The van der Waals surface area contributed by atoms with Crippen LogP contribution >= 0.6 is 11.6 Å². The first-order valence-electron chi connectivity index (χ1n) is 5.82. The largest absolute Gasteiger partial charge is 0.389 e. The van der Waals surface area contributed by atoms with Crippen molar-refractivity contribution < 1.29 is 5.11 Å². The van der Waals surface area contributed by atoms with Gasteiger partial charge in [-0.3, -0.25) is 0 Å². The molecular weight excluding hydrogens is 248 g/mol. The van der Waals surface area contributed by atoms with Crippen LogP contribution in [0.2, 0.25) is 5.02 Å². The Morgan fingerprint density at radius 1 is 1.33 bits per heavy atom. The molecule has 1 aromatic heterocycles. The van der Waals surface area contributed by atoms with Crippen LogP contribution in [0.1, 0.15) is 35.7 Å². The van der Waals surface area contributed by atoms with Crippen molar-refractivity contribution >= 4 is 11.6 Å². The third kappa shape index (κ3) is 2.86. The lowest BCUT2D eigenvalue weighted by Gasteiger charge is -2.09. The molecule has 0 spiro atoms. The Bertz CT molecular complexity index is 555. The minimum absolute atomic E-state index is 0.542. The van der Waals surface area contributed by atoms with Crippen LogP contribution in [0.3, 0.4) is 0 Å². The van der Waals surface area contributed by atoms with E-state index in [1.54, 1.807) is 13.1 Å². The Balaban J connectivity index is 2.26. The van der Waals surface area contributed by atoms with Crippen molar-refractivity contribution in [2.75, 3.05) is 0 Å². The molecule has 3 nitrogen and oxygen atoms in total. The lowest BCUT2D eigenvalue weighted by atomic mass is 10.1. The second-order valence-electron chi connectivity index (χ2n) is 4.27. The van der Waals surface area contributed by atoms with Crippen LogP contribution in [0.5, 0.6) is 0 Å². The van der Waals surface area contributed by atoms with Gasteiger partial charge in [-0.25, -0.2) is 9.97 Å². The molecule has 0 aliphatic carbocycles. The number of aliphatic hydroxyl groups is 1. The monoisotopic (exact) mass is 262 g/mol. The van der Waals surface area contributed by atoms with Crippen LogP contribution in [0, 0.1) is 6.92 Å². The fourth-order valence-corrected chi connectivity index (χ4v) is 2.03. The van der Waals surface area contributed by atoms with Gasteiger partial charge < -0.3 is 5.11 Å². The maximum Gasteiger partial charge on any atom is 0.132 e. The Labute approximate surface area is 111 Å². The van der Waals surface area contributed by atoms with Crippen molar-refractivity contribution in [3.05, 3.63) is 58.1 Å². The predicted molar refractivity (Wildman–Crippen MR) is 71.7 cm³/mol. The standard InChI is InChI=1S/C14H15ClN2O/c1-9-12(10(2)18)8-16-14(17-9)7-11-5-3-4-6-13(11)15/h3-6,8,10,18H,7H2,1-2H3/t10-/m1/s1. The molecule has 2 rings (SSSR count). The minimum atomic E-state index is -0.542. The van der Waals surface area contributed by atoms with Gasteiger partial charge in [0, 0.05) is 28.9 Å². The molecule has 0 saturated heterocycles. The zero-order valence-electron chi connectivity index (χ0n) is 10.4. The number of hydrogen-bond donors (Lipinski definition) is 1. The van der Waals surface area contributed by atoms with Gasteiger partial charge >= 0.3 is 0 Å². The summed E-state index contributed by atoms with van der Waals surface area (Å²) < 4.78 is 0. The van der Waals surface area contributed by atoms with Crippen LogP contribution in [-0.2, 0) is 6.42 Å². The molecule has 0 saturated carbocycles. The van der Waals surface area contributed by atoms with E-state index in [2.05, 4.69) is 9.97 Å². The number of benzene rings is 1. The van der Waals surface area contributed by atoms with Gasteiger partial charge in [0.1, 0.15) is 5.82 Å². The average molecular weight is 263 g/mol. The van der Waals surface area contributed by atoms with Gasteiger partial charge in [0.05, 0.1) is 6.10 Å². The van der Waals surface area contributed by atoms with Crippen LogP contribution < -0.4 is 0 Å². The first-order chi connectivity index (χ1) is 8.58. The SMILES string of the molecule is Cc1nc(Cc2ccccc2Cl)ncc1[C@@H](C)O. The summed E-state index contributed by atoms with van der Waals surface area (Å²) in [5.41, 5.74) is 2.57. The molecule has 0 aliphatic rings. The Morgan fingerprint density at radius 2 is 2.06 bits per heavy atom. The van der Waals surface area contributed by atoms with E-state index < -0.39 is 6.10 Å². The quantitative estimate of drug-likeness (QED) is 0.925. The molecule has 4 heteroatoms. The summed E-state index contributed by atoms with van der Waals surface area (Å²) in [7, 11) is 0. The number of rotatable bonds is 3. The van der Waals surface area contributed by atoms with E-state index in [0.29, 0.717) is 12.2 Å². The predicted octanol–water partition coefficient (Wildman–Crippen LogP) is 3.08. The first kappa shape index (κ1) is 13.0. The summed E-state index contributed by atoms with van der Waals surface area (Å²) in [6, 6.07) is 7.66. The fourth-order valence-electron chi connectivity index (χ4n) is 1.83. The third-order valence-electron chi connectivity index (χ3n) is 2.82. The minimum Gasteiger partial charge on any atom is -0.389 e. The normalized spacial score (nSPS) is 12.4. The van der Waals surface area contributed by atoms with E-state index in [-0.39, 0.29) is 0 Å². The van der Waals surface area contributed by atoms with Gasteiger partial charge in [0.15, 0.2) is 0 Å². The van der Waals surface area contributed by atoms with Gasteiger partial charge in [-0.05, 0) is 25.5 Å². The molecule has 18 heavy (non-hydrogen) atoms. The maximum atomic E-state index is 9.53. The number of nitrogens with zero attached hydrogens (tertiary/aromatic N) is 2. The molecule has 0 fully saturated rings. The van der Waals surface area contributed by atoms with Gasteiger partial charge in [0.2, 0.25) is 0 Å². The summed E-state index contributed by atoms with van der Waals surface area (Å²) in [6.07, 6.45) is 1.74. The molecule has 1 atom stereocenters. The highest BCUT2D eigenvalue weighted by molar-refractivity contribution is 6.31. The van der Waals surface area contributed by atoms with E-state index in [9.17, 15) is 5.11 Å². The molecule has 2 aromatic rings. The fraction of sp³-hybridized carbons (Fsp3) is 0.286. The van der Waals surface area contributed by atoms with Gasteiger partial charge in [0.25, 0.3) is 0 Å². The topological polar surface area (TPSA) is 46.0 Å². The van der Waals surface area contributed by atoms with Gasteiger partial charge in [-0.15, -0.1) is 0 Å². The summed E-state index contributed by atoms with van der Waals surface area (Å²) >= 11 is 6.10. The Morgan fingerprint density at radius 3 is 2.67 bits per heavy atom. The van der Waals surface area contributed by atoms with Crippen molar-refractivity contribution in [2.45, 2.75) is 26.4 Å². The summed E-state index contributed by atoms with van der Waals surface area (Å²) in [5.74, 6) is 0.713. The van der Waals surface area contributed by atoms with Crippen LogP contribution in [0.25, 0.3) is 0 Å². The van der Waals surface area contributed by atoms with Gasteiger partial charge in [-0.1, -0.05) is 29.8 Å². The van der Waals surface area contributed by atoms with E-state index in [0.717, 1.165) is 21.8 Å². The number of hydrogen-bond acceptors (Lipinski definition) is 3. The summed E-state index contributed by atoms with van der Waals surface area (Å²) in [6.45, 7) is 3.58. The molecule has 0 amide bonds. The maximum absolute atomic E-state index is 9.53. The highest BCUT2D eigenvalue weighted by Gasteiger charge is 2.09. The highest BCUT2D eigenvalue weighted by Crippen LogP contribution is 2.19. The molecule has 0 radical (unpaired) electrons. The Kier molecular flexibility index (Phi) is 3.94. The average Bonchev–Trinajstić information content (AvgIpc) is 2.32. The lowest BCUT2D eigenvalue weighted by Crippen LogP contribution is -2.04. The van der Waals surface area contributed by atoms with Crippen LogP contribution in [-0.4, -0.2) is 15.1 Å². The number of aromatic nitrogens is 2. The summed E-state index contributed by atoms with van der Waals surface area (Å²) in [5, 5.41) is 10.2. The molecule has 0 bridgehead atoms. The first-order valence-corrected chi connectivity index (χ1v) is 6.19. The zero-order valence-corrected chi connectivity index (χ0v) is 11.1. The van der Waals surface area contributed by atoms with Gasteiger partial charge in [-0.2, -0.15) is 0 Å². The Hall–Kier alpha value is -1.45. The number of aliphatic hydroxyl groups excluding tert-OH is 1. The molecule has 1 aromatic carbocycles. The third-order valence-corrected chi connectivity index (χ3v) is 3.19. The van der Waals surface area contributed by atoms with E-state index >= 15 is 0 Å². The summed E-state index contributed by atoms with van der Waals surface area (Å²) in [4.78, 5) is 8.67. The van der Waals surface area contributed by atoms with Crippen molar-refractivity contribution in [3.63, 3.8) is 0 Å². The van der Waals surface area contributed by atoms with E-state index in [1.165, 1.54) is 0 Å². The molecule has 94 valence electrons. The second kappa shape index (κ2) is 5.46. The lowest BCUT2D eigenvalue weighted by molar-refractivity contribution is 0.197. The smallest absolute Gasteiger partial charge is 0.132 e. The van der Waals surface area contributed by atoms with Crippen LogP contribution in [0.15, 0.2) is 30.5 Å². The molecule has 1 N–H and O–H groups in total. The second-order valence-corrected chi connectivity index (χ2v) is 4.68. The number of halogens is 1. The van der Waals surface area contributed by atoms with E-state index in [1.807, 2.05) is 31.2 Å². The molecular formula is C14H15ClN2O. The highest BCUT2D eigenvalue weighted by atomic mass is 35.5. The number of aryl methyl sites for hydroxylation is 1. The zero-order chi connectivity index (χ0) is 13.1. The van der Waals surface area contributed by atoms with Crippen molar-refractivity contribution in [2.24, 2.45) is 0 Å². The van der Waals surface area contributed by atoms with E-state index in [4.69, 9.17) is 11.6 Å². The van der Waals surface area contributed by atoms with Crippen molar-refractivity contribution in [3.8, 4) is 0 Å².